The van der Waals surface area contributed by atoms with E-state index >= 15 is 0 Å². The Balaban J connectivity index is 1.36. The van der Waals surface area contributed by atoms with Crippen LogP contribution in [0.4, 0.5) is 5.82 Å². The Morgan fingerprint density at radius 2 is 1.49 bits per heavy atom. The van der Waals surface area contributed by atoms with Crippen molar-refractivity contribution in [2.75, 3.05) is 11.5 Å². The number of thioether (sulfide) groups is 2. The molecule has 2 aromatic heterocycles. The van der Waals surface area contributed by atoms with E-state index in [4.69, 9.17) is 15.7 Å². The van der Waals surface area contributed by atoms with E-state index in [1.54, 1.807) is 23.1 Å². The molecule has 1 aliphatic rings. The number of anilines is 1. The minimum atomic E-state index is 0.262. The number of hydrogen-bond donors (Lipinski definition) is 1. The molecule has 0 aliphatic carbocycles. The predicted octanol–water partition coefficient (Wildman–Crippen LogP) is 7.73. The van der Waals surface area contributed by atoms with Gasteiger partial charge >= 0.3 is 0 Å². The predicted molar refractivity (Wildman–Crippen MR) is 151 cm³/mol. The molecule has 3 nitrogen and oxygen atoms in total. The van der Waals surface area contributed by atoms with Crippen LogP contribution in [0.1, 0.15) is 37.6 Å². The van der Waals surface area contributed by atoms with E-state index in [9.17, 15) is 0 Å². The first-order chi connectivity index (χ1) is 17.3. The summed E-state index contributed by atoms with van der Waals surface area (Å²) in [6.07, 6.45) is 1.93. The summed E-state index contributed by atoms with van der Waals surface area (Å²) >= 11 is 5.51. The van der Waals surface area contributed by atoms with Gasteiger partial charge in [-0.05, 0) is 35.1 Å². The summed E-state index contributed by atoms with van der Waals surface area (Å²) in [4.78, 5) is 12.1. The first-order valence-electron chi connectivity index (χ1n) is 11.8. The van der Waals surface area contributed by atoms with Gasteiger partial charge in [0.1, 0.15) is 10.6 Å². The van der Waals surface area contributed by atoms with Gasteiger partial charge in [0.2, 0.25) is 0 Å². The average molecular weight is 512 g/mol. The van der Waals surface area contributed by atoms with E-state index in [0.29, 0.717) is 11.1 Å². The zero-order chi connectivity index (χ0) is 23.6. The molecule has 0 bridgehead atoms. The third-order valence-electron chi connectivity index (χ3n) is 6.36. The van der Waals surface area contributed by atoms with Crippen molar-refractivity contribution >= 4 is 50.9 Å². The van der Waals surface area contributed by atoms with Crippen molar-refractivity contribution in [3.63, 3.8) is 0 Å². The van der Waals surface area contributed by atoms with Crippen LogP contribution in [0.2, 0.25) is 0 Å². The van der Waals surface area contributed by atoms with Gasteiger partial charge < -0.3 is 5.73 Å². The summed E-state index contributed by atoms with van der Waals surface area (Å²) in [5.74, 6) is 1.54. The maximum atomic E-state index is 6.61. The number of thiophene rings is 1. The van der Waals surface area contributed by atoms with Gasteiger partial charge in [0.25, 0.3) is 0 Å². The first kappa shape index (κ1) is 22.7. The molecule has 0 radical (unpaired) electrons. The second-order valence-electron chi connectivity index (χ2n) is 8.63. The lowest BCUT2D eigenvalue weighted by Crippen LogP contribution is -2.12. The molecule has 6 heteroatoms. The molecule has 0 fully saturated rings. The maximum absolute atomic E-state index is 6.61. The molecule has 0 spiro atoms. The van der Waals surface area contributed by atoms with Gasteiger partial charge in [0, 0.05) is 15.9 Å². The fourth-order valence-electron chi connectivity index (χ4n) is 4.65. The lowest BCUT2D eigenvalue weighted by atomic mass is 9.98. The number of benzene rings is 3. The van der Waals surface area contributed by atoms with E-state index < -0.39 is 0 Å². The average Bonchev–Trinajstić information content (AvgIpc) is 3.29. The molecular weight excluding hydrogens is 487 g/mol. The Hall–Kier alpha value is -2.80. The molecule has 3 heterocycles. The third-order valence-corrected chi connectivity index (χ3v) is 10.1. The Bertz CT molecular complexity index is 1440. The number of aromatic nitrogens is 2. The summed E-state index contributed by atoms with van der Waals surface area (Å²) in [6.45, 7) is 0. The molecule has 0 amide bonds. The van der Waals surface area contributed by atoms with Gasteiger partial charge in [-0.25, -0.2) is 9.97 Å². The summed E-state index contributed by atoms with van der Waals surface area (Å²) in [5.41, 5.74) is 12.0. The Labute approximate surface area is 218 Å². The van der Waals surface area contributed by atoms with Crippen molar-refractivity contribution in [1.82, 2.24) is 9.97 Å². The Kier molecular flexibility index (Phi) is 6.51. The smallest absolute Gasteiger partial charge is 0.190 e. The highest BCUT2D eigenvalue weighted by Gasteiger charge is 2.34. The molecular formula is C29H25N3S3. The van der Waals surface area contributed by atoms with Crippen molar-refractivity contribution in [2.24, 2.45) is 0 Å². The van der Waals surface area contributed by atoms with Crippen LogP contribution in [0.3, 0.4) is 0 Å². The molecule has 3 aromatic carbocycles. The highest BCUT2D eigenvalue weighted by molar-refractivity contribution is 8.00. The fourth-order valence-corrected chi connectivity index (χ4v) is 8.56. The topological polar surface area (TPSA) is 51.8 Å². The molecule has 0 saturated carbocycles. The summed E-state index contributed by atoms with van der Waals surface area (Å²) < 4.78 is 0. The summed E-state index contributed by atoms with van der Waals surface area (Å²) in [5, 5.41) is 2.46. The fraction of sp³-hybridized carbons (Fsp3) is 0.172. The van der Waals surface area contributed by atoms with Gasteiger partial charge in [0.15, 0.2) is 5.16 Å². The third kappa shape index (κ3) is 4.70. The molecule has 35 heavy (non-hydrogen) atoms. The summed E-state index contributed by atoms with van der Waals surface area (Å²) in [6, 6.07) is 32.2. The lowest BCUT2D eigenvalue weighted by molar-refractivity contribution is 0.893. The number of fused-ring (bicyclic) bond motifs is 3. The van der Waals surface area contributed by atoms with Gasteiger partial charge in [0.05, 0.1) is 10.6 Å². The van der Waals surface area contributed by atoms with Crippen LogP contribution in [-0.2, 0) is 12.8 Å². The van der Waals surface area contributed by atoms with Crippen LogP contribution in [0.25, 0.3) is 10.2 Å². The van der Waals surface area contributed by atoms with E-state index in [1.807, 2.05) is 11.8 Å². The van der Waals surface area contributed by atoms with E-state index in [-0.39, 0.29) is 5.25 Å². The van der Waals surface area contributed by atoms with Crippen LogP contribution in [-0.4, -0.2) is 15.7 Å². The van der Waals surface area contributed by atoms with Crippen molar-refractivity contribution in [3.05, 3.63) is 118 Å². The minimum Gasteiger partial charge on any atom is -0.383 e. The standard InChI is InChI=1S/C29H25N3S3/c30-27-24-22-18-23(20-12-6-2-7-13-20)34-25(21-14-8-3-9-15-21)26(22)35-28(24)32-29(31-27)33-17-16-19-10-4-1-5-11-19/h1-15,23,25H,16-18H2,(H2,30,31,32). The van der Waals surface area contributed by atoms with Crippen molar-refractivity contribution in [2.45, 2.75) is 28.5 Å². The van der Waals surface area contributed by atoms with E-state index in [1.165, 1.54) is 27.1 Å². The van der Waals surface area contributed by atoms with Crippen LogP contribution in [0.5, 0.6) is 0 Å². The molecule has 5 aromatic rings. The molecule has 0 saturated heterocycles. The van der Waals surface area contributed by atoms with Gasteiger partial charge in [-0.1, -0.05) is 103 Å². The molecule has 174 valence electrons. The Morgan fingerprint density at radius 3 is 2.20 bits per heavy atom. The summed E-state index contributed by atoms with van der Waals surface area (Å²) in [7, 11) is 0. The lowest BCUT2D eigenvalue weighted by Gasteiger charge is -2.30. The van der Waals surface area contributed by atoms with Crippen molar-refractivity contribution in [3.8, 4) is 0 Å². The molecule has 6 rings (SSSR count). The quantitative estimate of drug-likeness (QED) is 0.187. The van der Waals surface area contributed by atoms with Gasteiger partial charge in [-0.3, -0.25) is 0 Å². The first-order valence-corrected chi connectivity index (χ1v) is 14.5. The number of nitrogens with two attached hydrogens (primary N) is 1. The van der Waals surface area contributed by atoms with Crippen LogP contribution in [0.15, 0.2) is 96.2 Å². The zero-order valence-corrected chi connectivity index (χ0v) is 21.6. The largest absolute Gasteiger partial charge is 0.383 e. The number of nitrogens with zero attached hydrogens (tertiary/aromatic N) is 2. The SMILES string of the molecule is Nc1nc(SCCc2ccccc2)nc2sc3c(c12)CC(c1ccccc1)SC3c1ccccc1. The van der Waals surface area contributed by atoms with Crippen LogP contribution < -0.4 is 5.73 Å². The van der Waals surface area contributed by atoms with Crippen LogP contribution >= 0.6 is 34.9 Å². The molecule has 2 unspecified atom stereocenters. The zero-order valence-electron chi connectivity index (χ0n) is 19.1. The second kappa shape index (κ2) is 10.1. The van der Waals surface area contributed by atoms with Gasteiger partial charge in [-0.15, -0.1) is 23.1 Å². The monoisotopic (exact) mass is 511 g/mol. The number of nitrogen functional groups attached to an aromatic ring is 1. The van der Waals surface area contributed by atoms with Crippen LogP contribution in [0, 0.1) is 0 Å². The minimum absolute atomic E-state index is 0.262. The van der Waals surface area contributed by atoms with E-state index in [2.05, 4.69) is 91.0 Å². The van der Waals surface area contributed by atoms with Gasteiger partial charge in [-0.2, -0.15) is 0 Å². The normalized spacial score (nSPS) is 17.4. The Morgan fingerprint density at radius 1 is 0.829 bits per heavy atom. The number of aryl methyl sites for hydroxylation is 1. The van der Waals surface area contributed by atoms with E-state index in [0.717, 1.165) is 34.0 Å². The molecule has 1 aliphatic heterocycles. The van der Waals surface area contributed by atoms with Crippen molar-refractivity contribution < 1.29 is 0 Å². The van der Waals surface area contributed by atoms with Crippen molar-refractivity contribution in [1.29, 1.82) is 0 Å². The molecule has 2 atom stereocenters. The highest BCUT2D eigenvalue weighted by atomic mass is 32.2. The highest BCUT2D eigenvalue weighted by Crippen LogP contribution is 2.55. The number of hydrogen-bond acceptors (Lipinski definition) is 6. The maximum Gasteiger partial charge on any atom is 0.190 e. The second-order valence-corrected chi connectivity index (χ2v) is 12.0. The molecule has 2 N–H and O–H groups in total. The number of rotatable bonds is 6.